The monoisotopic (exact) mass is 245 g/mol. The number of nitrogens with two attached hydrogens (primary N) is 1. The maximum absolute atomic E-state index is 5.60. The highest BCUT2D eigenvalue weighted by Crippen LogP contribution is 2.25. The van der Waals surface area contributed by atoms with Gasteiger partial charge in [-0.2, -0.15) is 5.10 Å². The van der Waals surface area contributed by atoms with Gasteiger partial charge in [0.05, 0.1) is 13.3 Å². The summed E-state index contributed by atoms with van der Waals surface area (Å²) in [4.78, 5) is 0. The lowest BCUT2D eigenvalue weighted by Gasteiger charge is -2.11. The number of aromatic nitrogens is 2. The van der Waals surface area contributed by atoms with Gasteiger partial charge in [0.1, 0.15) is 11.4 Å². The Kier molecular flexibility index (Phi) is 3.67. The van der Waals surface area contributed by atoms with Gasteiger partial charge in [-0.05, 0) is 50.1 Å². The van der Waals surface area contributed by atoms with Crippen molar-refractivity contribution >= 4 is 0 Å². The highest BCUT2D eigenvalue weighted by molar-refractivity contribution is 5.49. The molecule has 0 unspecified atom stereocenters. The quantitative estimate of drug-likeness (QED) is 0.896. The van der Waals surface area contributed by atoms with Crippen LogP contribution in [0.5, 0.6) is 5.75 Å². The number of aryl methyl sites for hydroxylation is 1. The standard InChI is InChI=1S/C14H19N3O/c1-10-4-5-14(18-3)13(8-10)17-11(2)12(6-7-15)9-16-17/h4-5,8-9H,6-7,15H2,1-3H3. The fraction of sp³-hybridized carbons (Fsp3) is 0.357. The largest absolute Gasteiger partial charge is 0.494 e. The molecular formula is C14H19N3O. The minimum Gasteiger partial charge on any atom is -0.494 e. The first-order valence-corrected chi connectivity index (χ1v) is 6.06. The zero-order valence-electron chi connectivity index (χ0n) is 11.1. The highest BCUT2D eigenvalue weighted by atomic mass is 16.5. The molecule has 2 aromatic rings. The topological polar surface area (TPSA) is 53.1 Å². The summed E-state index contributed by atoms with van der Waals surface area (Å²) in [5.74, 6) is 0.825. The number of benzene rings is 1. The van der Waals surface area contributed by atoms with E-state index in [0.29, 0.717) is 6.54 Å². The van der Waals surface area contributed by atoms with E-state index in [1.807, 2.05) is 23.0 Å². The Morgan fingerprint density at radius 3 is 2.78 bits per heavy atom. The van der Waals surface area contributed by atoms with Crippen LogP contribution < -0.4 is 10.5 Å². The molecule has 0 bridgehead atoms. The van der Waals surface area contributed by atoms with Gasteiger partial charge in [0.25, 0.3) is 0 Å². The predicted molar refractivity (Wildman–Crippen MR) is 72.3 cm³/mol. The second-order valence-corrected chi connectivity index (χ2v) is 4.38. The summed E-state index contributed by atoms with van der Waals surface area (Å²) in [7, 11) is 1.67. The average molecular weight is 245 g/mol. The van der Waals surface area contributed by atoms with Gasteiger partial charge in [-0.1, -0.05) is 6.07 Å². The Bertz CT molecular complexity index is 546. The molecule has 0 aliphatic rings. The van der Waals surface area contributed by atoms with Gasteiger partial charge in [-0.25, -0.2) is 4.68 Å². The lowest BCUT2D eigenvalue weighted by atomic mass is 10.1. The van der Waals surface area contributed by atoms with Crippen molar-refractivity contribution in [3.05, 3.63) is 41.2 Å². The molecule has 0 radical (unpaired) electrons. The molecule has 0 saturated heterocycles. The minimum atomic E-state index is 0.636. The third-order valence-electron chi connectivity index (χ3n) is 3.09. The van der Waals surface area contributed by atoms with Gasteiger partial charge in [0.2, 0.25) is 0 Å². The molecule has 4 heteroatoms. The van der Waals surface area contributed by atoms with Crippen molar-refractivity contribution in [1.29, 1.82) is 0 Å². The number of hydrogen-bond donors (Lipinski definition) is 1. The molecule has 0 aliphatic heterocycles. The molecule has 0 amide bonds. The summed E-state index contributed by atoms with van der Waals surface area (Å²) in [6, 6.07) is 6.07. The van der Waals surface area contributed by atoms with Crippen LogP contribution in [0, 0.1) is 13.8 Å². The van der Waals surface area contributed by atoms with Gasteiger partial charge >= 0.3 is 0 Å². The first-order chi connectivity index (χ1) is 8.67. The van der Waals surface area contributed by atoms with Crippen LogP contribution in [0.1, 0.15) is 16.8 Å². The summed E-state index contributed by atoms with van der Waals surface area (Å²) in [6.07, 6.45) is 2.73. The van der Waals surface area contributed by atoms with E-state index in [4.69, 9.17) is 10.5 Å². The summed E-state index contributed by atoms with van der Waals surface area (Å²) >= 11 is 0. The van der Waals surface area contributed by atoms with E-state index >= 15 is 0 Å². The summed E-state index contributed by atoms with van der Waals surface area (Å²) in [5, 5.41) is 4.44. The fourth-order valence-corrected chi connectivity index (χ4v) is 2.05. The van der Waals surface area contributed by atoms with E-state index in [1.165, 1.54) is 11.1 Å². The molecule has 0 aliphatic carbocycles. The van der Waals surface area contributed by atoms with Crippen molar-refractivity contribution in [3.63, 3.8) is 0 Å². The van der Waals surface area contributed by atoms with E-state index < -0.39 is 0 Å². The second kappa shape index (κ2) is 5.23. The Morgan fingerprint density at radius 1 is 1.33 bits per heavy atom. The van der Waals surface area contributed by atoms with Crippen molar-refractivity contribution in [2.45, 2.75) is 20.3 Å². The van der Waals surface area contributed by atoms with Crippen molar-refractivity contribution in [1.82, 2.24) is 9.78 Å². The molecule has 0 spiro atoms. The van der Waals surface area contributed by atoms with Gasteiger partial charge in [0, 0.05) is 5.69 Å². The number of hydrogen-bond acceptors (Lipinski definition) is 3. The van der Waals surface area contributed by atoms with Crippen LogP contribution >= 0.6 is 0 Å². The van der Waals surface area contributed by atoms with Gasteiger partial charge in [-0.3, -0.25) is 0 Å². The molecule has 4 nitrogen and oxygen atoms in total. The molecule has 2 rings (SSSR count). The maximum Gasteiger partial charge on any atom is 0.144 e. The zero-order chi connectivity index (χ0) is 13.1. The molecule has 1 heterocycles. The molecular weight excluding hydrogens is 226 g/mol. The van der Waals surface area contributed by atoms with E-state index in [-0.39, 0.29) is 0 Å². The number of methoxy groups -OCH3 is 1. The Morgan fingerprint density at radius 2 is 2.11 bits per heavy atom. The third-order valence-corrected chi connectivity index (χ3v) is 3.09. The number of ether oxygens (including phenoxy) is 1. The molecule has 1 aromatic carbocycles. The van der Waals surface area contributed by atoms with Crippen LogP contribution in [0.15, 0.2) is 24.4 Å². The number of rotatable bonds is 4. The van der Waals surface area contributed by atoms with E-state index in [9.17, 15) is 0 Å². The van der Waals surface area contributed by atoms with Crippen LogP contribution in [-0.2, 0) is 6.42 Å². The van der Waals surface area contributed by atoms with Crippen LogP contribution in [0.2, 0.25) is 0 Å². The summed E-state index contributed by atoms with van der Waals surface area (Å²) in [6.45, 7) is 4.75. The Labute approximate surface area is 107 Å². The van der Waals surface area contributed by atoms with Crippen molar-refractivity contribution in [3.8, 4) is 11.4 Å². The molecule has 0 saturated carbocycles. The first-order valence-electron chi connectivity index (χ1n) is 6.06. The molecule has 96 valence electrons. The van der Waals surface area contributed by atoms with E-state index in [2.05, 4.69) is 25.0 Å². The second-order valence-electron chi connectivity index (χ2n) is 4.38. The van der Waals surface area contributed by atoms with Crippen molar-refractivity contribution in [2.24, 2.45) is 5.73 Å². The Hall–Kier alpha value is -1.81. The average Bonchev–Trinajstić information content (AvgIpc) is 2.72. The van der Waals surface area contributed by atoms with E-state index in [1.54, 1.807) is 7.11 Å². The molecule has 2 N–H and O–H groups in total. The van der Waals surface area contributed by atoms with Crippen LogP contribution in [0.25, 0.3) is 5.69 Å². The third kappa shape index (κ3) is 2.24. The molecule has 18 heavy (non-hydrogen) atoms. The zero-order valence-corrected chi connectivity index (χ0v) is 11.1. The van der Waals surface area contributed by atoms with Crippen molar-refractivity contribution < 1.29 is 4.74 Å². The summed E-state index contributed by atoms with van der Waals surface area (Å²) in [5.41, 5.74) is 10.0. The van der Waals surface area contributed by atoms with Crippen LogP contribution in [0.3, 0.4) is 0 Å². The van der Waals surface area contributed by atoms with Crippen LogP contribution in [0.4, 0.5) is 0 Å². The number of nitrogens with zero attached hydrogens (tertiary/aromatic N) is 2. The SMILES string of the molecule is COc1ccc(C)cc1-n1ncc(CCN)c1C. The summed E-state index contributed by atoms with van der Waals surface area (Å²) < 4.78 is 7.31. The predicted octanol–water partition coefficient (Wildman–Crippen LogP) is 2.00. The van der Waals surface area contributed by atoms with Gasteiger partial charge in [0.15, 0.2) is 0 Å². The first kappa shape index (κ1) is 12.6. The van der Waals surface area contributed by atoms with Crippen LogP contribution in [-0.4, -0.2) is 23.4 Å². The minimum absolute atomic E-state index is 0.636. The molecule has 0 fully saturated rings. The molecule has 1 aromatic heterocycles. The normalized spacial score (nSPS) is 10.7. The van der Waals surface area contributed by atoms with E-state index in [0.717, 1.165) is 23.6 Å². The maximum atomic E-state index is 5.60. The smallest absolute Gasteiger partial charge is 0.144 e. The van der Waals surface area contributed by atoms with Gasteiger partial charge < -0.3 is 10.5 Å². The van der Waals surface area contributed by atoms with Gasteiger partial charge in [-0.15, -0.1) is 0 Å². The highest BCUT2D eigenvalue weighted by Gasteiger charge is 2.11. The Balaban J connectivity index is 2.51. The lowest BCUT2D eigenvalue weighted by molar-refractivity contribution is 0.411. The molecule has 0 atom stereocenters. The van der Waals surface area contributed by atoms with Crippen molar-refractivity contribution in [2.75, 3.05) is 13.7 Å². The fourth-order valence-electron chi connectivity index (χ4n) is 2.05. The lowest BCUT2D eigenvalue weighted by Crippen LogP contribution is -2.05.